The highest BCUT2D eigenvalue weighted by Crippen LogP contribution is 2.11. The van der Waals surface area contributed by atoms with Crippen LogP contribution >= 0.6 is 0 Å². The van der Waals surface area contributed by atoms with Gasteiger partial charge in [0.05, 0.1) is 0 Å². The van der Waals surface area contributed by atoms with Gasteiger partial charge in [0.2, 0.25) is 0 Å². The van der Waals surface area contributed by atoms with Gasteiger partial charge in [-0.3, -0.25) is 9.00 Å². The number of carboxylic acids is 1. The number of hydrogen-bond donors (Lipinski definition) is 1. The van der Waals surface area contributed by atoms with E-state index in [0.29, 0.717) is 6.42 Å². The molecule has 78 valence electrons. The lowest BCUT2D eigenvalue weighted by atomic mass is 10.2. The topological polar surface area (TPSA) is 54.4 Å². The Bertz CT molecular complexity index is 189. The lowest BCUT2D eigenvalue weighted by Crippen LogP contribution is -2.30. The predicted octanol–water partition coefficient (Wildman–Crippen LogP) is 1.79. The molecule has 0 aromatic heterocycles. The Balaban J connectivity index is 4.24. The number of rotatable bonds is 6. The Morgan fingerprint density at radius 3 is 2.31 bits per heavy atom. The van der Waals surface area contributed by atoms with Crippen LogP contribution < -0.4 is 0 Å². The second-order valence-corrected chi connectivity index (χ2v) is 5.52. The maximum atomic E-state index is 11.5. The van der Waals surface area contributed by atoms with Crippen molar-refractivity contribution >= 4 is 16.8 Å². The number of carbonyl (C=O) groups is 1. The summed E-state index contributed by atoms with van der Waals surface area (Å²) in [6.07, 6.45) is 2.30. The van der Waals surface area contributed by atoms with Gasteiger partial charge in [0, 0.05) is 16.0 Å². The Kier molecular flexibility index (Phi) is 5.95. The molecule has 2 atom stereocenters. The molecule has 13 heavy (non-hydrogen) atoms. The Labute approximate surface area is 82.0 Å². The molecule has 0 aliphatic rings. The molecule has 1 N–H and O–H groups in total. The third-order valence-corrected chi connectivity index (χ3v) is 3.77. The molecule has 0 radical (unpaired) electrons. The summed E-state index contributed by atoms with van der Waals surface area (Å²) in [6, 6.07) is 0. The molecule has 3 nitrogen and oxygen atoms in total. The van der Waals surface area contributed by atoms with Crippen molar-refractivity contribution < 1.29 is 14.1 Å². The standard InChI is InChI=1S/C9H18O3S/c1-4-5-6-8(9(10)11)13(12)7(2)3/h7-8H,4-6H2,1-3H3,(H,10,11). The van der Waals surface area contributed by atoms with Crippen molar-refractivity contribution in [3.05, 3.63) is 0 Å². The van der Waals surface area contributed by atoms with Crippen LogP contribution in [0.3, 0.4) is 0 Å². The monoisotopic (exact) mass is 206 g/mol. The van der Waals surface area contributed by atoms with Crippen LogP contribution in [-0.4, -0.2) is 25.8 Å². The molecule has 0 rings (SSSR count). The largest absolute Gasteiger partial charge is 0.480 e. The maximum Gasteiger partial charge on any atom is 0.319 e. The third-order valence-electron chi connectivity index (χ3n) is 1.84. The van der Waals surface area contributed by atoms with Crippen LogP contribution in [0.25, 0.3) is 0 Å². The molecule has 0 aliphatic carbocycles. The molecule has 0 heterocycles. The molecule has 0 fully saturated rings. The Morgan fingerprint density at radius 1 is 1.46 bits per heavy atom. The van der Waals surface area contributed by atoms with Crippen molar-refractivity contribution in [2.45, 2.75) is 50.5 Å². The number of carboxylic acid groups (broad SMARTS) is 1. The van der Waals surface area contributed by atoms with Crippen LogP contribution in [0.4, 0.5) is 0 Å². The van der Waals surface area contributed by atoms with E-state index in [-0.39, 0.29) is 5.25 Å². The van der Waals surface area contributed by atoms with E-state index in [1.807, 2.05) is 6.92 Å². The summed E-state index contributed by atoms with van der Waals surface area (Å²) in [5.41, 5.74) is 0. The second-order valence-electron chi connectivity index (χ2n) is 3.35. The molecule has 0 bridgehead atoms. The van der Waals surface area contributed by atoms with E-state index in [0.717, 1.165) is 12.8 Å². The summed E-state index contributed by atoms with van der Waals surface area (Å²) in [4.78, 5) is 10.8. The minimum Gasteiger partial charge on any atom is -0.480 e. The predicted molar refractivity (Wildman–Crippen MR) is 54.2 cm³/mol. The number of aliphatic carboxylic acids is 1. The van der Waals surface area contributed by atoms with Crippen molar-refractivity contribution in [1.82, 2.24) is 0 Å². The van der Waals surface area contributed by atoms with Crippen LogP contribution in [-0.2, 0) is 15.6 Å². The van der Waals surface area contributed by atoms with Crippen LogP contribution in [0.5, 0.6) is 0 Å². The van der Waals surface area contributed by atoms with Gasteiger partial charge in [-0.25, -0.2) is 0 Å². The lowest BCUT2D eigenvalue weighted by molar-refractivity contribution is -0.136. The minimum atomic E-state index is -1.24. The van der Waals surface area contributed by atoms with Crippen LogP contribution in [0, 0.1) is 0 Å². The molecule has 0 aliphatic heterocycles. The fourth-order valence-electron chi connectivity index (χ4n) is 1.06. The van der Waals surface area contributed by atoms with E-state index in [4.69, 9.17) is 5.11 Å². The smallest absolute Gasteiger partial charge is 0.319 e. The van der Waals surface area contributed by atoms with Gasteiger partial charge < -0.3 is 5.11 Å². The zero-order valence-corrected chi connectivity index (χ0v) is 9.26. The highest BCUT2D eigenvalue weighted by atomic mass is 32.2. The van der Waals surface area contributed by atoms with Gasteiger partial charge in [-0.1, -0.05) is 33.6 Å². The van der Waals surface area contributed by atoms with E-state index in [2.05, 4.69) is 0 Å². The molecule has 0 amide bonds. The SMILES string of the molecule is CCCCC(C(=O)O)S(=O)C(C)C. The van der Waals surface area contributed by atoms with E-state index in [9.17, 15) is 9.00 Å². The van der Waals surface area contributed by atoms with Gasteiger partial charge in [-0.2, -0.15) is 0 Å². The molecule has 0 aromatic carbocycles. The van der Waals surface area contributed by atoms with Crippen molar-refractivity contribution in [1.29, 1.82) is 0 Å². The van der Waals surface area contributed by atoms with Crippen LogP contribution in [0.15, 0.2) is 0 Å². The summed E-state index contributed by atoms with van der Waals surface area (Å²) >= 11 is 0. The van der Waals surface area contributed by atoms with E-state index >= 15 is 0 Å². The molecule has 2 unspecified atom stereocenters. The summed E-state index contributed by atoms with van der Waals surface area (Å²) < 4.78 is 11.5. The Morgan fingerprint density at radius 2 is 2.00 bits per heavy atom. The average Bonchev–Trinajstić information content (AvgIpc) is 2.04. The molecule has 4 heteroatoms. The molecule has 0 saturated heterocycles. The molecular weight excluding hydrogens is 188 g/mol. The average molecular weight is 206 g/mol. The molecule has 0 aromatic rings. The van der Waals surface area contributed by atoms with Gasteiger partial charge in [-0.15, -0.1) is 0 Å². The van der Waals surface area contributed by atoms with Crippen LogP contribution in [0.2, 0.25) is 0 Å². The van der Waals surface area contributed by atoms with Gasteiger partial charge in [0.1, 0.15) is 5.25 Å². The lowest BCUT2D eigenvalue weighted by Gasteiger charge is -2.13. The summed E-state index contributed by atoms with van der Waals surface area (Å²) in [6.45, 7) is 5.58. The first-order valence-electron chi connectivity index (χ1n) is 4.62. The third kappa shape index (κ3) is 4.41. The fraction of sp³-hybridized carbons (Fsp3) is 0.889. The zero-order chi connectivity index (χ0) is 10.4. The van der Waals surface area contributed by atoms with Crippen molar-refractivity contribution in [2.24, 2.45) is 0 Å². The maximum absolute atomic E-state index is 11.5. The van der Waals surface area contributed by atoms with Crippen molar-refractivity contribution in [3.63, 3.8) is 0 Å². The zero-order valence-electron chi connectivity index (χ0n) is 8.45. The van der Waals surface area contributed by atoms with Gasteiger partial charge in [0.15, 0.2) is 0 Å². The van der Waals surface area contributed by atoms with E-state index in [1.165, 1.54) is 0 Å². The van der Waals surface area contributed by atoms with Gasteiger partial charge in [0.25, 0.3) is 0 Å². The van der Waals surface area contributed by atoms with Gasteiger partial charge in [-0.05, 0) is 6.42 Å². The molecule has 0 saturated carbocycles. The minimum absolute atomic E-state index is 0.0713. The van der Waals surface area contributed by atoms with Gasteiger partial charge >= 0.3 is 5.97 Å². The van der Waals surface area contributed by atoms with E-state index < -0.39 is 22.0 Å². The fourth-order valence-corrected chi connectivity index (χ4v) is 2.31. The Hall–Kier alpha value is -0.380. The van der Waals surface area contributed by atoms with E-state index in [1.54, 1.807) is 13.8 Å². The first-order chi connectivity index (χ1) is 6.00. The first kappa shape index (κ1) is 12.6. The molecular formula is C9H18O3S. The van der Waals surface area contributed by atoms with Crippen molar-refractivity contribution in [2.75, 3.05) is 0 Å². The van der Waals surface area contributed by atoms with Crippen LogP contribution in [0.1, 0.15) is 40.0 Å². The quantitative estimate of drug-likeness (QED) is 0.720. The highest BCUT2D eigenvalue weighted by molar-refractivity contribution is 7.87. The molecule has 0 spiro atoms. The normalized spacial score (nSPS) is 15.7. The summed E-state index contributed by atoms with van der Waals surface area (Å²) in [5, 5.41) is 8.07. The number of hydrogen-bond acceptors (Lipinski definition) is 2. The van der Waals surface area contributed by atoms with Crippen molar-refractivity contribution in [3.8, 4) is 0 Å². The summed E-state index contributed by atoms with van der Waals surface area (Å²) in [7, 11) is -1.24. The second kappa shape index (κ2) is 6.13. The number of unbranched alkanes of at least 4 members (excludes halogenated alkanes) is 1. The highest BCUT2D eigenvalue weighted by Gasteiger charge is 2.25. The summed E-state index contributed by atoms with van der Waals surface area (Å²) in [5.74, 6) is -0.930. The first-order valence-corrected chi connectivity index (χ1v) is 5.90.